The molecule has 1 aromatic carbocycles. The maximum atomic E-state index is 11.4. The summed E-state index contributed by atoms with van der Waals surface area (Å²) in [5.74, 6) is 0.902. The lowest BCUT2D eigenvalue weighted by Gasteiger charge is -2.38. The van der Waals surface area contributed by atoms with Gasteiger partial charge in [-0.2, -0.15) is 0 Å². The van der Waals surface area contributed by atoms with E-state index in [-0.39, 0.29) is 18.4 Å². The summed E-state index contributed by atoms with van der Waals surface area (Å²) >= 11 is 5.92. The van der Waals surface area contributed by atoms with Crippen LogP contribution in [-0.2, 0) is 11.3 Å². The highest BCUT2D eigenvalue weighted by Crippen LogP contribution is 2.27. The number of hydrazine groups is 1. The molecule has 9 heteroatoms. The molecule has 2 heterocycles. The largest absolute Gasteiger partial charge is 0.464 e. The number of amides is 1. The van der Waals surface area contributed by atoms with E-state index in [1.54, 1.807) is 7.05 Å². The molecule has 1 unspecified atom stereocenters. The van der Waals surface area contributed by atoms with Gasteiger partial charge in [0.2, 0.25) is 0 Å². The smallest absolute Gasteiger partial charge is 0.422 e. The minimum Gasteiger partial charge on any atom is -0.464 e. The van der Waals surface area contributed by atoms with Gasteiger partial charge in [0.25, 0.3) is 0 Å². The zero-order valence-electron chi connectivity index (χ0n) is 16.3. The van der Waals surface area contributed by atoms with Crippen LogP contribution in [0.4, 0.5) is 4.79 Å². The molecule has 156 valence electrons. The number of benzene rings is 1. The molecule has 1 fully saturated rings. The lowest BCUT2D eigenvalue weighted by molar-refractivity contribution is -0.109. The van der Waals surface area contributed by atoms with Crippen LogP contribution in [-0.4, -0.2) is 58.7 Å². The van der Waals surface area contributed by atoms with Crippen LogP contribution in [0.1, 0.15) is 25.0 Å². The van der Waals surface area contributed by atoms with E-state index in [0.717, 1.165) is 54.2 Å². The van der Waals surface area contributed by atoms with Gasteiger partial charge in [0.15, 0.2) is 5.76 Å². The molecule has 0 aliphatic carbocycles. The molecule has 0 bridgehead atoms. The topological polar surface area (TPSA) is 98.9 Å². The molecule has 1 aliphatic heterocycles. The first-order valence-corrected chi connectivity index (χ1v) is 9.96. The van der Waals surface area contributed by atoms with Gasteiger partial charge in [0.05, 0.1) is 12.6 Å². The van der Waals surface area contributed by atoms with Crippen LogP contribution >= 0.6 is 11.6 Å². The van der Waals surface area contributed by atoms with E-state index in [0.29, 0.717) is 11.6 Å². The van der Waals surface area contributed by atoms with Crippen molar-refractivity contribution in [2.24, 2.45) is 5.92 Å². The van der Waals surface area contributed by atoms with Gasteiger partial charge in [-0.05, 0) is 44.0 Å². The molecular formula is C20H25ClN4O4. The quantitative estimate of drug-likeness (QED) is 0.499. The van der Waals surface area contributed by atoms with E-state index >= 15 is 0 Å². The Labute approximate surface area is 174 Å². The first kappa shape index (κ1) is 21.3. The number of aldehydes is 1. The van der Waals surface area contributed by atoms with Gasteiger partial charge in [0, 0.05) is 30.1 Å². The number of nitrogens with one attached hydrogen (secondary N) is 1. The summed E-state index contributed by atoms with van der Waals surface area (Å²) in [6, 6.07) is 9.00. The van der Waals surface area contributed by atoms with Crippen molar-refractivity contribution in [1.82, 2.24) is 20.5 Å². The van der Waals surface area contributed by atoms with Gasteiger partial charge in [0.1, 0.15) is 12.0 Å². The maximum absolute atomic E-state index is 11.4. The second-order valence-electron chi connectivity index (χ2n) is 7.14. The standard InChI is InChI=1S/C20H25ClN4O4/c1-22-25(20(27)28)19(8-11-26)15-6-9-24(10-7-15)13-17-12-18(23-29-17)14-2-4-16(21)5-3-14/h2-5,11-12,15,19,22H,6-10,13H2,1H3,(H,27,28). The molecule has 2 aromatic rings. The van der Waals surface area contributed by atoms with Crippen molar-refractivity contribution in [2.75, 3.05) is 20.1 Å². The third-order valence-electron chi connectivity index (χ3n) is 5.37. The van der Waals surface area contributed by atoms with Crippen molar-refractivity contribution < 1.29 is 19.2 Å². The number of carbonyl (C=O) groups is 2. The van der Waals surface area contributed by atoms with Crippen LogP contribution in [0.3, 0.4) is 0 Å². The summed E-state index contributed by atoms with van der Waals surface area (Å²) in [5, 5.41) is 15.3. The number of nitrogens with zero attached hydrogens (tertiary/aromatic N) is 3. The number of hydrogen-bond donors (Lipinski definition) is 2. The van der Waals surface area contributed by atoms with Crippen LogP contribution < -0.4 is 5.43 Å². The van der Waals surface area contributed by atoms with Crippen LogP contribution in [0.25, 0.3) is 11.3 Å². The predicted octanol–water partition coefficient (Wildman–Crippen LogP) is 3.28. The number of carbonyl (C=O) groups excluding carboxylic acids is 1. The molecule has 1 atom stereocenters. The van der Waals surface area contributed by atoms with Crippen molar-refractivity contribution in [3.05, 3.63) is 41.1 Å². The van der Waals surface area contributed by atoms with Crippen molar-refractivity contribution in [1.29, 1.82) is 0 Å². The molecule has 1 saturated heterocycles. The Morgan fingerprint density at radius 2 is 2.10 bits per heavy atom. The molecule has 0 radical (unpaired) electrons. The number of piperidine rings is 1. The Morgan fingerprint density at radius 1 is 1.41 bits per heavy atom. The third-order valence-corrected chi connectivity index (χ3v) is 5.62. The lowest BCUT2D eigenvalue weighted by Crippen LogP contribution is -2.52. The van der Waals surface area contributed by atoms with E-state index in [1.807, 2.05) is 30.3 Å². The van der Waals surface area contributed by atoms with Crippen molar-refractivity contribution in [3.63, 3.8) is 0 Å². The molecule has 1 aliphatic rings. The van der Waals surface area contributed by atoms with Crippen molar-refractivity contribution in [3.8, 4) is 11.3 Å². The van der Waals surface area contributed by atoms with Crippen LogP contribution in [0.2, 0.25) is 5.02 Å². The second kappa shape index (κ2) is 9.87. The summed E-state index contributed by atoms with van der Waals surface area (Å²) in [4.78, 5) is 24.8. The fourth-order valence-electron chi connectivity index (χ4n) is 3.87. The van der Waals surface area contributed by atoms with Crippen LogP contribution in [0.15, 0.2) is 34.9 Å². The van der Waals surface area contributed by atoms with E-state index in [4.69, 9.17) is 16.1 Å². The number of hydrogen-bond acceptors (Lipinski definition) is 6. The van der Waals surface area contributed by atoms with Crippen LogP contribution in [0, 0.1) is 5.92 Å². The van der Waals surface area contributed by atoms with Crippen LogP contribution in [0.5, 0.6) is 0 Å². The maximum Gasteiger partial charge on any atom is 0.422 e. The molecule has 3 rings (SSSR count). The Morgan fingerprint density at radius 3 is 2.69 bits per heavy atom. The Bertz CT molecular complexity index is 818. The van der Waals surface area contributed by atoms with Gasteiger partial charge in [-0.1, -0.05) is 28.9 Å². The third kappa shape index (κ3) is 5.35. The molecule has 8 nitrogen and oxygen atoms in total. The minimum absolute atomic E-state index is 0.124. The first-order chi connectivity index (χ1) is 14.0. The number of likely N-dealkylation sites (tertiary alicyclic amines) is 1. The number of halogens is 1. The summed E-state index contributed by atoms with van der Waals surface area (Å²) < 4.78 is 5.49. The number of carboxylic acid groups (broad SMARTS) is 1. The molecule has 1 amide bonds. The predicted molar refractivity (Wildman–Crippen MR) is 108 cm³/mol. The van der Waals surface area contributed by atoms with Gasteiger partial charge in [-0.3, -0.25) is 4.90 Å². The van der Waals surface area contributed by atoms with Gasteiger partial charge < -0.3 is 14.4 Å². The summed E-state index contributed by atoms with van der Waals surface area (Å²) in [6.07, 6.45) is 1.52. The average Bonchev–Trinajstić information content (AvgIpc) is 3.17. The average molecular weight is 421 g/mol. The van der Waals surface area contributed by atoms with Gasteiger partial charge in [-0.15, -0.1) is 0 Å². The van der Waals surface area contributed by atoms with Gasteiger partial charge >= 0.3 is 6.09 Å². The van der Waals surface area contributed by atoms with Crippen molar-refractivity contribution >= 4 is 24.0 Å². The lowest BCUT2D eigenvalue weighted by atomic mass is 9.87. The van der Waals surface area contributed by atoms with Crippen molar-refractivity contribution in [2.45, 2.75) is 31.8 Å². The van der Waals surface area contributed by atoms with Gasteiger partial charge in [-0.25, -0.2) is 15.2 Å². The summed E-state index contributed by atoms with van der Waals surface area (Å²) in [6.45, 7) is 2.24. The zero-order chi connectivity index (χ0) is 20.8. The van der Waals surface area contributed by atoms with E-state index in [9.17, 15) is 14.7 Å². The summed E-state index contributed by atoms with van der Waals surface area (Å²) in [5.41, 5.74) is 4.40. The zero-order valence-corrected chi connectivity index (χ0v) is 17.0. The van der Waals surface area contributed by atoms with E-state index < -0.39 is 6.09 Å². The molecule has 1 aromatic heterocycles. The SMILES string of the molecule is CNN(C(=O)O)C(CC=O)C1CCN(Cc2cc(-c3ccc(Cl)cc3)no2)CC1. The number of aromatic nitrogens is 1. The summed E-state index contributed by atoms with van der Waals surface area (Å²) in [7, 11) is 1.56. The molecule has 0 saturated carbocycles. The Hall–Kier alpha value is -2.42. The fourth-order valence-corrected chi connectivity index (χ4v) is 4.00. The first-order valence-electron chi connectivity index (χ1n) is 9.59. The monoisotopic (exact) mass is 420 g/mol. The second-order valence-corrected chi connectivity index (χ2v) is 7.58. The molecular weight excluding hydrogens is 396 g/mol. The Kier molecular flexibility index (Phi) is 7.24. The highest BCUT2D eigenvalue weighted by atomic mass is 35.5. The highest BCUT2D eigenvalue weighted by molar-refractivity contribution is 6.30. The molecule has 29 heavy (non-hydrogen) atoms. The molecule has 2 N–H and O–H groups in total. The van der Waals surface area contributed by atoms with E-state index in [1.165, 1.54) is 0 Å². The minimum atomic E-state index is -1.07. The Balaban J connectivity index is 1.57. The molecule has 0 spiro atoms. The van der Waals surface area contributed by atoms with E-state index in [2.05, 4.69) is 15.5 Å². The highest BCUT2D eigenvalue weighted by Gasteiger charge is 2.33. The fraction of sp³-hybridized carbons (Fsp3) is 0.450. The normalized spacial score (nSPS) is 16.5. The number of rotatable bonds is 8.